The zero-order valence-electron chi connectivity index (χ0n) is 18.0. The summed E-state index contributed by atoms with van der Waals surface area (Å²) in [5.74, 6) is 0.383. The number of allylic oxidation sites excluding steroid dienone is 2. The van der Waals surface area contributed by atoms with E-state index in [1.807, 2.05) is 6.08 Å². The van der Waals surface area contributed by atoms with Crippen molar-refractivity contribution in [3.63, 3.8) is 0 Å². The van der Waals surface area contributed by atoms with E-state index in [0.717, 1.165) is 25.3 Å². The second-order valence-corrected chi connectivity index (χ2v) is 10.2. The molecule has 5 heteroatoms. The molecule has 1 N–H and O–H groups in total. The van der Waals surface area contributed by atoms with E-state index in [-0.39, 0.29) is 22.4 Å². The second kappa shape index (κ2) is 7.00. The number of carbonyl (C=O) groups excluding carboxylic acids is 1. The average molecular weight is 418 g/mol. The van der Waals surface area contributed by atoms with Crippen LogP contribution in [0.3, 0.4) is 0 Å². The summed E-state index contributed by atoms with van der Waals surface area (Å²) in [7, 11) is 0. The zero-order valence-corrected chi connectivity index (χ0v) is 18.0. The monoisotopic (exact) mass is 417 g/mol. The average Bonchev–Trinajstić information content (AvgIpc) is 2.94. The summed E-state index contributed by atoms with van der Waals surface area (Å²) < 4.78 is 40.1. The first-order chi connectivity index (χ1) is 13.9. The number of amides is 1. The number of anilines is 1. The molecule has 0 bridgehead atoms. The van der Waals surface area contributed by atoms with Gasteiger partial charge in [-0.3, -0.25) is 4.79 Å². The van der Waals surface area contributed by atoms with E-state index in [4.69, 9.17) is 0 Å². The van der Waals surface area contributed by atoms with Crippen molar-refractivity contribution in [3.05, 3.63) is 47.6 Å². The predicted octanol–water partition coefficient (Wildman–Crippen LogP) is 7.23. The number of nitrogens with one attached hydrogen (secondary N) is 1. The third-order valence-electron chi connectivity index (χ3n) is 8.02. The van der Waals surface area contributed by atoms with Crippen LogP contribution in [0, 0.1) is 22.7 Å². The topological polar surface area (TPSA) is 29.1 Å². The number of rotatable bonds is 2. The van der Waals surface area contributed by atoms with E-state index >= 15 is 0 Å². The fourth-order valence-electron chi connectivity index (χ4n) is 6.60. The Morgan fingerprint density at radius 1 is 1.23 bits per heavy atom. The molecular weight excluding hydrogens is 387 g/mol. The number of hydrogen-bond acceptors (Lipinski definition) is 1. The molecule has 4 rings (SSSR count). The number of halogens is 3. The molecule has 3 atom stereocenters. The fourth-order valence-corrected chi connectivity index (χ4v) is 6.60. The molecule has 2 nitrogen and oxygen atoms in total. The van der Waals surface area contributed by atoms with E-state index in [1.165, 1.54) is 24.5 Å². The Morgan fingerprint density at radius 2 is 1.97 bits per heavy atom. The van der Waals surface area contributed by atoms with Crippen LogP contribution >= 0.6 is 0 Å². The van der Waals surface area contributed by atoms with Gasteiger partial charge in [0.25, 0.3) is 5.91 Å². The molecule has 0 saturated heterocycles. The Hall–Kier alpha value is -2.04. The van der Waals surface area contributed by atoms with E-state index in [9.17, 15) is 18.0 Å². The van der Waals surface area contributed by atoms with Crippen LogP contribution in [-0.2, 0) is 11.0 Å². The van der Waals surface area contributed by atoms with Gasteiger partial charge in [-0.15, -0.1) is 0 Å². The molecule has 0 aromatic heterocycles. The van der Waals surface area contributed by atoms with Crippen LogP contribution < -0.4 is 5.32 Å². The highest BCUT2D eigenvalue weighted by molar-refractivity contribution is 6.31. The maximum atomic E-state index is 13.4. The lowest BCUT2D eigenvalue weighted by Gasteiger charge is -2.58. The molecule has 0 radical (unpaired) electrons. The highest BCUT2D eigenvalue weighted by Crippen LogP contribution is 2.61. The largest absolute Gasteiger partial charge is 0.418 e. The first-order valence-electron chi connectivity index (χ1n) is 10.8. The van der Waals surface area contributed by atoms with E-state index in [0.29, 0.717) is 23.5 Å². The van der Waals surface area contributed by atoms with Crippen LogP contribution in [0.1, 0.15) is 70.4 Å². The van der Waals surface area contributed by atoms with Gasteiger partial charge in [0.15, 0.2) is 0 Å². The predicted molar refractivity (Wildman–Crippen MR) is 114 cm³/mol. The van der Waals surface area contributed by atoms with Gasteiger partial charge in [0.1, 0.15) is 0 Å². The Labute approximate surface area is 176 Å². The van der Waals surface area contributed by atoms with Gasteiger partial charge >= 0.3 is 6.18 Å². The molecule has 0 unspecified atom stereocenters. The van der Waals surface area contributed by atoms with Crippen LogP contribution in [-0.4, -0.2) is 5.91 Å². The Balaban J connectivity index is 1.67. The van der Waals surface area contributed by atoms with Gasteiger partial charge < -0.3 is 5.32 Å². The summed E-state index contributed by atoms with van der Waals surface area (Å²) in [6, 6.07) is 3.98. The molecule has 1 aromatic carbocycles. The van der Waals surface area contributed by atoms with Crippen molar-refractivity contribution in [2.45, 2.75) is 65.5 Å². The molecule has 1 aromatic rings. The number of carbonyl (C=O) groups is 1. The number of para-hydroxylation sites is 1. The van der Waals surface area contributed by atoms with Crippen LogP contribution in [0.15, 0.2) is 36.4 Å². The smallest absolute Gasteiger partial charge is 0.321 e. The third-order valence-corrected chi connectivity index (χ3v) is 8.02. The molecular formula is C25H30F3NO. The maximum absolute atomic E-state index is 13.4. The molecule has 2 fully saturated rings. The molecule has 2 aliphatic carbocycles. The van der Waals surface area contributed by atoms with Gasteiger partial charge in [0.05, 0.1) is 11.3 Å². The van der Waals surface area contributed by atoms with Crippen LogP contribution in [0.5, 0.6) is 0 Å². The number of benzene rings is 1. The van der Waals surface area contributed by atoms with Crippen LogP contribution in [0.25, 0.3) is 5.57 Å². The highest BCUT2D eigenvalue weighted by Gasteiger charge is 2.52. The van der Waals surface area contributed by atoms with Crippen molar-refractivity contribution >= 4 is 17.2 Å². The van der Waals surface area contributed by atoms with Crippen molar-refractivity contribution in [2.24, 2.45) is 22.7 Å². The van der Waals surface area contributed by atoms with Crippen molar-refractivity contribution in [1.82, 2.24) is 0 Å². The van der Waals surface area contributed by atoms with Crippen molar-refractivity contribution < 1.29 is 18.0 Å². The molecule has 30 heavy (non-hydrogen) atoms. The zero-order chi connectivity index (χ0) is 21.9. The quantitative estimate of drug-likeness (QED) is 0.399. The standard InChI is InChI=1S/C25H30F3NO/c1-15-9-12-20-23(2,3)13-6-14-24(20,4)18(15)11-10-17-16-7-5-8-19(25(26,27)28)21(16)29-22(17)30/h5,7-8,10,18,20H,1,6,9,11-14H2,2-4H3,(H,29,30)/b17-10+/t18-,20-,24+/m0/s1. The second-order valence-electron chi connectivity index (χ2n) is 10.2. The lowest BCUT2D eigenvalue weighted by Crippen LogP contribution is -2.49. The first kappa shape index (κ1) is 21.2. The lowest BCUT2D eigenvalue weighted by atomic mass is 9.47. The molecule has 2 saturated carbocycles. The van der Waals surface area contributed by atoms with Gasteiger partial charge in [-0.25, -0.2) is 0 Å². The molecule has 1 heterocycles. The summed E-state index contributed by atoms with van der Waals surface area (Å²) in [4.78, 5) is 12.6. The van der Waals surface area contributed by atoms with E-state index < -0.39 is 17.6 Å². The summed E-state index contributed by atoms with van der Waals surface area (Å²) in [6.07, 6.45) is 3.66. The molecule has 0 spiro atoms. The summed E-state index contributed by atoms with van der Waals surface area (Å²) in [6.45, 7) is 11.4. The van der Waals surface area contributed by atoms with Gasteiger partial charge in [-0.05, 0) is 60.8 Å². The minimum Gasteiger partial charge on any atom is -0.321 e. The van der Waals surface area contributed by atoms with Crippen LogP contribution in [0.2, 0.25) is 0 Å². The molecule has 1 amide bonds. The van der Waals surface area contributed by atoms with Crippen LogP contribution in [0.4, 0.5) is 18.9 Å². The summed E-state index contributed by atoms with van der Waals surface area (Å²) in [5.41, 5.74) is 1.39. The van der Waals surface area contributed by atoms with E-state index in [2.05, 4.69) is 32.7 Å². The van der Waals surface area contributed by atoms with Gasteiger partial charge in [0.2, 0.25) is 0 Å². The normalized spacial score (nSPS) is 32.0. The van der Waals surface area contributed by atoms with Crippen molar-refractivity contribution in [1.29, 1.82) is 0 Å². The number of hydrogen-bond donors (Lipinski definition) is 1. The lowest BCUT2D eigenvalue weighted by molar-refractivity contribution is -0.136. The number of fused-ring (bicyclic) bond motifs is 2. The summed E-state index contributed by atoms with van der Waals surface area (Å²) in [5, 5.41) is 2.45. The maximum Gasteiger partial charge on any atom is 0.418 e. The molecule has 162 valence electrons. The SMILES string of the molecule is C=C1CC[C@H]2C(C)(C)CCC[C@]2(C)[C@H]1C/C=C1/C(=O)Nc2c1cccc2C(F)(F)F. The fraction of sp³-hybridized carbons (Fsp3) is 0.560. The number of alkyl halides is 3. The Morgan fingerprint density at radius 3 is 2.67 bits per heavy atom. The van der Waals surface area contributed by atoms with Crippen molar-refractivity contribution in [3.8, 4) is 0 Å². The van der Waals surface area contributed by atoms with Gasteiger partial charge in [-0.2, -0.15) is 13.2 Å². The minimum absolute atomic E-state index is 0.111. The van der Waals surface area contributed by atoms with Crippen molar-refractivity contribution in [2.75, 3.05) is 5.32 Å². The first-order valence-corrected chi connectivity index (χ1v) is 10.8. The Kier molecular flexibility index (Phi) is 4.94. The Bertz CT molecular complexity index is 927. The minimum atomic E-state index is -4.50. The highest BCUT2D eigenvalue weighted by atomic mass is 19.4. The van der Waals surface area contributed by atoms with Gasteiger partial charge in [-0.1, -0.05) is 57.6 Å². The summed E-state index contributed by atoms with van der Waals surface area (Å²) >= 11 is 0. The third kappa shape index (κ3) is 3.30. The molecule has 3 aliphatic rings. The van der Waals surface area contributed by atoms with E-state index in [1.54, 1.807) is 6.07 Å². The van der Waals surface area contributed by atoms with Gasteiger partial charge in [0, 0.05) is 11.1 Å². The molecule has 1 aliphatic heterocycles.